The number of morpholine rings is 1. The van der Waals surface area contributed by atoms with E-state index in [2.05, 4.69) is 9.88 Å². The SMILES string of the molecule is N=C(c1ccnc(N2CCOCC2)c1)c1cc(C(=O)c2ccccc2)ccc1N. The molecule has 29 heavy (non-hydrogen) atoms. The number of pyridine rings is 1. The molecule has 1 saturated heterocycles. The van der Waals surface area contributed by atoms with Gasteiger partial charge in [-0.15, -0.1) is 0 Å². The summed E-state index contributed by atoms with van der Waals surface area (Å²) in [5.74, 6) is 0.717. The molecule has 3 aromatic rings. The Morgan fingerprint density at radius 2 is 1.72 bits per heavy atom. The highest BCUT2D eigenvalue weighted by Gasteiger charge is 2.17. The van der Waals surface area contributed by atoms with Crippen LogP contribution in [0.25, 0.3) is 0 Å². The quantitative estimate of drug-likeness (QED) is 0.399. The Morgan fingerprint density at radius 1 is 0.966 bits per heavy atom. The van der Waals surface area contributed by atoms with Gasteiger partial charge in [0.1, 0.15) is 5.82 Å². The van der Waals surface area contributed by atoms with Crippen molar-refractivity contribution in [1.82, 2.24) is 4.98 Å². The van der Waals surface area contributed by atoms with Gasteiger partial charge in [0.25, 0.3) is 0 Å². The Hall–Kier alpha value is -3.51. The van der Waals surface area contributed by atoms with Gasteiger partial charge in [-0.1, -0.05) is 30.3 Å². The number of rotatable bonds is 5. The summed E-state index contributed by atoms with van der Waals surface area (Å²) in [7, 11) is 0. The minimum absolute atomic E-state index is 0.0941. The smallest absolute Gasteiger partial charge is 0.193 e. The third-order valence-corrected chi connectivity index (χ3v) is 4.99. The molecule has 1 aliphatic rings. The van der Waals surface area contributed by atoms with E-state index in [-0.39, 0.29) is 11.5 Å². The fraction of sp³-hybridized carbons (Fsp3) is 0.174. The van der Waals surface area contributed by atoms with Gasteiger partial charge in [-0.25, -0.2) is 4.98 Å². The maximum absolute atomic E-state index is 12.8. The molecule has 0 bridgehead atoms. The minimum Gasteiger partial charge on any atom is -0.398 e. The van der Waals surface area contributed by atoms with Gasteiger partial charge >= 0.3 is 0 Å². The van der Waals surface area contributed by atoms with E-state index in [0.717, 1.165) is 18.9 Å². The number of nitrogens with zero attached hydrogens (tertiary/aromatic N) is 2. The van der Waals surface area contributed by atoms with Crippen molar-refractivity contribution >= 4 is 23.0 Å². The van der Waals surface area contributed by atoms with Gasteiger partial charge in [0, 0.05) is 47.2 Å². The summed E-state index contributed by atoms with van der Waals surface area (Å²) in [6.07, 6.45) is 1.70. The molecule has 3 N–H and O–H groups in total. The standard InChI is InChI=1S/C23H22N4O2/c24-20-7-6-18(23(28)16-4-2-1-3-5-16)14-19(20)22(25)17-8-9-26-21(15-17)27-10-12-29-13-11-27/h1-9,14-15,25H,10-13,24H2. The summed E-state index contributed by atoms with van der Waals surface area (Å²) in [6.45, 7) is 2.87. The number of carbonyl (C=O) groups is 1. The first-order chi connectivity index (χ1) is 14.1. The molecule has 1 aromatic heterocycles. The molecule has 0 aliphatic carbocycles. The van der Waals surface area contributed by atoms with Crippen molar-refractivity contribution in [3.63, 3.8) is 0 Å². The average molecular weight is 386 g/mol. The first-order valence-electron chi connectivity index (χ1n) is 9.51. The van der Waals surface area contributed by atoms with E-state index >= 15 is 0 Å². The van der Waals surface area contributed by atoms with E-state index < -0.39 is 0 Å². The van der Waals surface area contributed by atoms with Crippen LogP contribution in [0.15, 0.2) is 66.9 Å². The van der Waals surface area contributed by atoms with Crippen LogP contribution in [0.2, 0.25) is 0 Å². The van der Waals surface area contributed by atoms with Crippen molar-refractivity contribution < 1.29 is 9.53 Å². The van der Waals surface area contributed by atoms with Crippen LogP contribution in [-0.2, 0) is 4.74 Å². The second kappa shape index (κ2) is 8.24. The molecule has 0 amide bonds. The van der Waals surface area contributed by atoms with Crippen LogP contribution in [0, 0.1) is 5.41 Å². The third-order valence-electron chi connectivity index (χ3n) is 4.99. The Labute approximate surface area is 169 Å². The number of nitrogen functional groups attached to an aromatic ring is 1. The van der Waals surface area contributed by atoms with Crippen molar-refractivity contribution in [3.05, 3.63) is 89.1 Å². The Morgan fingerprint density at radius 3 is 2.48 bits per heavy atom. The molecule has 1 aliphatic heterocycles. The lowest BCUT2D eigenvalue weighted by molar-refractivity contribution is 0.103. The third kappa shape index (κ3) is 4.02. The molecular weight excluding hydrogens is 364 g/mol. The second-order valence-electron chi connectivity index (χ2n) is 6.87. The predicted octanol–water partition coefficient (Wildman–Crippen LogP) is 3.15. The number of carbonyl (C=O) groups excluding carboxylic acids is 1. The molecule has 0 unspecified atom stereocenters. The lowest BCUT2D eigenvalue weighted by Crippen LogP contribution is -2.36. The number of ketones is 1. The number of aromatic nitrogens is 1. The average Bonchev–Trinajstić information content (AvgIpc) is 2.80. The highest BCUT2D eigenvalue weighted by atomic mass is 16.5. The van der Waals surface area contributed by atoms with Gasteiger partial charge in [0.05, 0.1) is 18.9 Å². The molecule has 2 aromatic carbocycles. The Bertz CT molecular complexity index is 1040. The minimum atomic E-state index is -0.0941. The molecule has 6 nitrogen and oxygen atoms in total. The van der Waals surface area contributed by atoms with E-state index in [1.54, 1.807) is 42.6 Å². The first-order valence-corrected chi connectivity index (χ1v) is 9.51. The van der Waals surface area contributed by atoms with Crippen molar-refractivity contribution in [2.45, 2.75) is 0 Å². The van der Waals surface area contributed by atoms with Crippen LogP contribution in [0.5, 0.6) is 0 Å². The van der Waals surface area contributed by atoms with Crippen LogP contribution in [0.1, 0.15) is 27.0 Å². The largest absolute Gasteiger partial charge is 0.398 e. The van der Waals surface area contributed by atoms with Gasteiger partial charge < -0.3 is 15.4 Å². The van der Waals surface area contributed by atoms with E-state index in [4.69, 9.17) is 15.9 Å². The van der Waals surface area contributed by atoms with Crippen LogP contribution in [0.3, 0.4) is 0 Å². The molecule has 146 valence electrons. The lowest BCUT2D eigenvalue weighted by atomic mass is 9.96. The van der Waals surface area contributed by atoms with Crippen LogP contribution >= 0.6 is 0 Å². The monoisotopic (exact) mass is 386 g/mol. The second-order valence-corrected chi connectivity index (χ2v) is 6.87. The normalized spacial score (nSPS) is 13.9. The summed E-state index contributed by atoms with van der Waals surface area (Å²) in [4.78, 5) is 19.4. The number of nitrogens with one attached hydrogen (secondary N) is 1. The zero-order chi connectivity index (χ0) is 20.2. The maximum Gasteiger partial charge on any atom is 0.193 e. The molecule has 0 saturated carbocycles. The van der Waals surface area contributed by atoms with Gasteiger partial charge in [-0.2, -0.15) is 0 Å². The molecule has 6 heteroatoms. The number of hydrogen-bond donors (Lipinski definition) is 2. The first kappa shape index (κ1) is 18.8. The van der Waals surface area contributed by atoms with Gasteiger partial charge in [-0.3, -0.25) is 10.2 Å². The summed E-state index contributed by atoms with van der Waals surface area (Å²) in [5.41, 5.74) is 9.23. The van der Waals surface area contributed by atoms with Crippen LogP contribution < -0.4 is 10.6 Å². The van der Waals surface area contributed by atoms with Gasteiger partial charge in [0.2, 0.25) is 0 Å². The maximum atomic E-state index is 12.8. The zero-order valence-corrected chi connectivity index (χ0v) is 16.0. The van der Waals surface area contributed by atoms with Crippen molar-refractivity contribution in [2.75, 3.05) is 36.9 Å². The summed E-state index contributed by atoms with van der Waals surface area (Å²) in [5, 5.41) is 8.70. The molecule has 0 atom stereocenters. The van der Waals surface area contributed by atoms with Crippen LogP contribution in [0.4, 0.5) is 11.5 Å². The number of benzene rings is 2. The topological polar surface area (TPSA) is 92.3 Å². The number of ether oxygens (including phenoxy) is 1. The number of nitrogens with two attached hydrogens (primary N) is 1. The summed E-state index contributed by atoms with van der Waals surface area (Å²) in [6, 6.07) is 17.9. The fourth-order valence-corrected chi connectivity index (χ4v) is 3.37. The van der Waals surface area contributed by atoms with Crippen LogP contribution in [-0.4, -0.2) is 42.8 Å². The molecule has 2 heterocycles. The highest BCUT2D eigenvalue weighted by Crippen LogP contribution is 2.22. The summed E-state index contributed by atoms with van der Waals surface area (Å²) < 4.78 is 5.40. The van der Waals surface area contributed by atoms with E-state index in [0.29, 0.717) is 41.2 Å². The summed E-state index contributed by atoms with van der Waals surface area (Å²) >= 11 is 0. The van der Waals surface area contributed by atoms with Crippen molar-refractivity contribution in [2.24, 2.45) is 0 Å². The van der Waals surface area contributed by atoms with E-state index in [1.807, 2.05) is 24.3 Å². The zero-order valence-electron chi connectivity index (χ0n) is 16.0. The predicted molar refractivity (Wildman–Crippen MR) is 114 cm³/mol. The Balaban J connectivity index is 1.64. The number of anilines is 2. The molecule has 0 radical (unpaired) electrons. The molecular formula is C23H22N4O2. The number of hydrogen-bond acceptors (Lipinski definition) is 6. The van der Waals surface area contributed by atoms with E-state index in [9.17, 15) is 4.79 Å². The molecule has 1 fully saturated rings. The lowest BCUT2D eigenvalue weighted by Gasteiger charge is -2.28. The Kier molecular flexibility index (Phi) is 5.35. The van der Waals surface area contributed by atoms with Crippen molar-refractivity contribution in [1.29, 1.82) is 5.41 Å². The highest BCUT2D eigenvalue weighted by molar-refractivity contribution is 6.16. The fourth-order valence-electron chi connectivity index (χ4n) is 3.37. The van der Waals surface area contributed by atoms with Crippen molar-refractivity contribution in [3.8, 4) is 0 Å². The van der Waals surface area contributed by atoms with Gasteiger partial charge in [-0.05, 0) is 30.3 Å². The molecule has 0 spiro atoms. The molecule has 4 rings (SSSR count). The van der Waals surface area contributed by atoms with Gasteiger partial charge in [0.15, 0.2) is 5.78 Å². The van der Waals surface area contributed by atoms with E-state index in [1.165, 1.54) is 0 Å².